The second-order valence-electron chi connectivity index (χ2n) is 9.36. The van der Waals surface area contributed by atoms with E-state index in [0.29, 0.717) is 0 Å². The van der Waals surface area contributed by atoms with E-state index in [2.05, 4.69) is 109 Å². The zero-order chi connectivity index (χ0) is 26.6. The summed E-state index contributed by atoms with van der Waals surface area (Å²) in [5.74, 6) is -0.0625. The molecule has 0 saturated heterocycles. The molecule has 5 heteroatoms. The number of ketones is 1. The van der Waals surface area contributed by atoms with Gasteiger partial charge in [-0.05, 0) is 48.7 Å². The van der Waals surface area contributed by atoms with Crippen molar-refractivity contribution >= 4 is 33.1 Å². The van der Waals surface area contributed by atoms with E-state index in [0.717, 1.165) is 27.7 Å². The minimum Gasteiger partial charge on any atom is -0.512 e. The molecule has 0 aliphatic carbocycles. The third-order valence-corrected chi connectivity index (χ3v) is 6.29. The molecule has 0 atom stereocenters. The maximum absolute atomic E-state index is 10.0. The molecule has 4 aromatic carbocycles. The first-order valence-corrected chi connectivity index (χ1v) is 12.5. The Balaban J connectivity index is 0.000000394. The zero-order valence-corrected chi connectivity index (χ0v) is 24.4. The van der Waals surface area contributed by atoms with Crippen LogP contribution in [0.2, 0.25) is 0 Å². The quantitative estimate of drug-likeness (QED) is 0.0685. The second-order valence-corrected chi connectivity index (χ2v) is 9.36. The molecule has 0 aliphatic rings. The maximum atomic E-state index is 10.0. The summed E-state index contributed by atoms with van der Waals surface area (Å²) in [5.41, 5.74) is 7.99. The van der Waals surface area contributed by atoms with Gasteiger partial charge in [-0.2, -0.15) is 0 Å². The fourth-order valence-electron chi connectivity index (χ4n) is 4.65. The number of aryl methyl sites for hydroxylation is 1. The number of benzene rings is 4. The Bertz CT molecular complexity index is 1810. The molecule has 0 spiro atoms. The van der Waals surface area contributed by atoms with Gasteiger partial charge in [-0.1, -0.05) is 94.3 Å². The van der Waals surface area contributed by atoms with Crippen molar-refractivity contribution in [2.24, 2.45) is 0 Å². The largest absolute Gasteiger partial charge is 0.512 e. The summed E-state index contributed by atoms with van der Waals surface area (Å²) >= 11 is 0. The molecule has 0 fully saturated rings. The molecule has 0 saturated carbocycles. The Kier molecular flexibility index (Phi) is 8.65. The smallest absolute Gasteiger partial charge is 0.254 e. The summed E-state index contributed by atoms with van der Waals surface area (Å²) in [6.07, 6.45) is 5.25. The maximum Gasteiger partial charge on any atom is 0.254 e. The molecule has 1 radical (unpaired) electrons. The van der Waals surface area contributed by atoms with E-state index in [-0.39, 0.29) is 31.6 Å². The molecular formula is C34H28IrN2O2. The van der Waals surface area contributed by atoms with E-state index in [9.17, 15) is 4.79 Å². The van der Waals surface area contributed by atoms with Crippen molar-refractivity contribution < 1.29 is 34.4 Å². The number of aromatic nitrogens is 2. The van der Waals surface area contributed by atoms with Crippen LogP contribution in [0.4, 0.5) is 0 Å². The number of aliphatic hydroxyl groups is 1. The number of hydrogen-bond donors (Lipinski definition) is 1. The summed E-state index contributed by atoms with van der Waals surface area (Å²) in [7, 11) is 0. The number of rotatable bonds is 3. The Morgan fingerprint density at radius 1 is 0.846 bits per heavy atom. The molecular weight excluding hydrogens is 661 g/mol. The molecule has 2 aromatic heterocycles. The number of hydrogen-bond acceptors (Lipinski definition) is 3. The molecule has 0 bridgehead atoms. The van der Waals surface area contributed by atoms with Crippen molar-refractivity contribution in [1.82, 2.24) is 4.98 Å². The van der Waals surface area contributed by atoms with Crippen LogP contribution in [0, 0.1) is 13.0 Å². The SMILES string of the molecule is CC(=O)/C=C(/C)O.Cc1cnc2c3[c-]cc(-c4ccccc4)cc3c3cc(-c4ccccc4)ccc3[n+]2c1.[Ir]. The molecule has 1 N–H and O–H groups in total. The Labute approximate surface area is 241 Å². The summed E-state index contributed by atoms with van der Waals surface area (Å²) < 4.78 is 2.19. The number of pyridine rings is 1. The summed E-state index contributed by atoms with van der Waals surface area (Å²) in [6.45, 7) is 4.93. The van der Waals surface area contributed by atoms with Crippen LogP contribution < -0.4 is 4.40 Å². The van der Waals surface area contributed by atoms with E-state index >= 15 is 0 Å². The minimum absolute atomic E-state index is 0. The van der Waals surface area contributed by atoms with Gasteiger partial charge >= 0.3 is 0 Å². The monoisotopic (exact) mass is 689 g/mol. The first-order valence-electron chi connectivity index (χ1n) is 12.5. The van der Waals surface area contributed by atoms with Gasteiger partial charge in [0.05, 0.1) is 12.0 Å². The van der Waals surface area contributed by atoms with Gasteiger partial charge in [0.25, 0.3) is 5.65 Å². The molecule has 195 valence electrons. The van der Waals surface area contributed by atoms with Crippen molar-refractivity contribution in [3.8, 4) is 22.3 Å². The van der Waals surface area contributed by atoms with Gasteiger partial charge in [-0.15, -0.1) is 18.2 Å². The first-order chi connectivity index (χ1) is 18.4. The number of carbonyl (C=O) groups is 1. The predicted octanol–water partition coefficient (Wildman–Crippen LogP) is 7.60. The van der Waals surface area contributed by atoms with Gasteiger partial charge in [-0.25, -0.2) is 4.40 Å². The third kappa shape index (κ3) is 6.12. The van der Waals surface area contributed by atoms with Gasteiger partial charge < -0.3 is 5.11 Å². The van der Waals surface area contributed by atoms with Crippen LogP contribution in [-0.4, -0.2) is 15.9 Å². The van der Waals surface area contributed by atoms with E-state index in [1.807, 2.05) is 12.3 Å². The predicted molar refractivity (Wildman–Crippen MR) is 154 cm³/mol. The molecule has 6 rings (SSSR count). The van der Waals surface area contributed by atoms with Gasteiger partial charge in [0.2, 0.25) is 0 Å². The Hall–Kier alpha value is -4.18. The van der Waals surface area contributed by atoms with Crippen molar-refractivity contribution in [2.45, 2.75) is 20.8 Å². The number of nitrogens with zero attached hydrogens (tertiary/aromatic N) is 2. The van der Waals surface area contributed by atoms with Crippen LogP contribution in [0.3, 0.4) is 0 Å². The average Bonchev–Trinajstić information content (AvgIpc) is 2.93. The topological polar surface area (TPSA) is 54.3 Å². The summed E-state index contributed by atoms with van der Waals surface area (Å²) in [5, 5.41) is 11.8. The molecule has 4 nitrogen and oxygen atoms in total. The van der Waals surface area contributed by atoms with E-state index in [1.54, 1.807) is 0 Å². The third-order valence-electron chi connectivity index (χ3n) is 6.29. The summed E-state index contributed by atoms with van der Waals surface area (Å²) in [6, 6.07) is 35.6. The molecule has 0 amide bonds. The van der Waals surface area contributed by atoms with E-state index in [4.69, 9.17) is 10.1 Å². The van der Waals surface area contributed by atoms with Gasteiger partial charge in [0.15, 0.2) is 5.78 Å². The molecule has 39 heavy (non-hydrogen) atoms. The van der Waals surface area contributed by atoms with Crippen molar-refractivity contribution in [3.05, 3.63) is 127 Å². The van der Waals surface area contributed by atoms with Gasteiger partial charge in [0, 0.05) is 31.7 Å². The van der Waals surface area contributed by atoms with Crippen LogP contribution in [0.1, 0.15) is 19.4 Å². The van der Waals surface area contributed by atoms with Crippen molar-refractivity contribution in [1.29, 1.82) is 0 Å². The number of allylic oxidation sites excluding steroid dienone is 2. The molecule has 2 heterocycles. The van der Waals surface area contributed by atoms with Crippen molar-refractivity contribution in [2.75, 3.05) is 0 Å². The average molecular weight is 689 g/mol. The van der Waals surface area contributed by atoms with Gasteiger partial charge in [0.1, 0.15) is 11.7 Å². The van der Waals surface area contributed by atoms with Crippen LogP contribution in [-0.2, 0) is 24.9 Å². The normalized spacial score (nSPS) is 11.1. The van der Waals surface area contributed by atoms with Crippen LogP contribution in [0.25, 0.3) is 49.6 Å². The van der Waals surface area contributed by atoms with Crippen LogP contribution in [0.5, 0.6) is 0 Å². The number of carbonyl (C=O) groups excluding carboxylic acids is 1. The molecule has 0 unspecified atom stereocenters. The molecule has 6 aromatic rings. The second kappa shape index (κ2) is 12.1. The van der Waals surface area contributed by atoms with Crippen molar-refractivity contribution in [3.63, 3.8) is 0 Å². The Morgan fingerprint density at radius 2 is 1.46 bits per heavy atom. The van der Waals surface area contributed by atoms with Crippen LogP contribution in [0.15, 0.2) is 115 Å². The zero-order valence-electron chi connectivity index (χ0n) is 22.0. The fraction of sp³-hybridized carbons (Fsp3) is 0.0882. The minimum atomic E-state index is -0.125. The van der Waals surface area contributed by atoms with Crippen LogP contribution >= 0.6 is 0 Å². The fourth-order valence-corrected chi connectivity index (χ4v) is 4.65. The molecule has 0 aliphatic heterocycles. The standard InChI is InChI=1S/C29H20N2.C5H8O2.Ir/c1-20-18-30-29-25-14-12-23(21-8-4-2-5-9-21)16-26(25)27-17-24(22-10-6-3-7-11-22)13-15-28(27)31(29)19-20;1-4(6)3-5(2)7;/h2-13,15-19H,1H3;3,6H,1-2H3;/b;4-3-;. The van der Waals surface area contributed by atoms with Gasteiger partial charge in [-0.3, -0.25) is 4.79 Å². The summed E-state index contributed by atoms with van der Waals surface area (Å²) in [4.78, 5) is 14.8. The first kappa shape index (κ1) is 27.8. The Morgan fingerprint density at radius 3 is 2.05 bits per heavy atom. The van der Waals surface area contributed by atoms with E-state index < -0.39 is 0 Å². The number of fused-ring (bicyclic) bond motifs is 6. The van der Waals surface area contributed by atoms with E-state index in [1.165, 1.54) is 47.4 Å². The number of aliphatic hydroxyl groups excluding tert-OH is 1.